The second-order valence-corrected chi connectivity index (χ2v) is 6.13. The van der Waals surface area contributed by atoms with E-state index in [4.69, 9.17) is 21.1 Å². The topological polar surface area (TPSA) is 56.5 Å². The number of fused-ring (bicyclic) bond motifs is 1. The van der Waals surface area contributed by atoms with E-state index < -0.39 is 6.10 Å². The molecule has 1 aliphatic heterocycles. The van der Waals surface area contributed by atoms with E-state index in [0.717, 1.165) is 15.9 Å². The fourth-order valence-electron chi connectivity index (χ4n) is 2.38. The number of ether oxygens (including phenoxy) is 2. The molecule has 1 aromatic carbocycles. The zero-order valence-corrected chi connectivity index (χ0v) is 13.9. The van der Waals surface area contributed by atoms with E-state index in [1.165, 1.54) is 0 Å². The predicted molar refractivity (Wildman–Crippen MR) is 81.9 cm³/mol. The zero-order chi connectivity index (χ0) is 15.1. The first-order valence-electron chi connectivity index (χ1n) is 6.42. The molecule has 0 amide bonds. The van der Waals surface area contributed by atoms with E-state index in [1.807, 2.05) is 14.0 Å². The quantitative estimate of drug-likeness (QED) is 0.898. The summed E-state index contributed by atoms with van der Waals surface area (Å²) in [6.07, 6.45) is -0.281. The lowest BCUT2D eigenvalue weighted by Crippen LogP contribution is -2.07. The Morgan fingerprint density at radius 1 is 1.48 bits per heavy atom. The number of hydrogen-bond donors (Lipinski definition) is 1. The van der Waals surface area contributed by atoms with E-state index in [2.05, 4.69) is 21.0 Å². The highest BCUT2D eigenvalue weighted by Gasteiger charge is 2.22. The molecule has 0 aliphatic carbocycles. The molecule has 3 rings (SSSR count). The van der Waals surface area contributed by atoms with Crippen LogP contribution in [0.3, 0.4) is 0 Å². The summed E-state index contributed by atoms with van der Waals surface area (Å²) >= 11 is 9.65. The van der Waals surface area contributed by atoms with Crippen LogP contribution in [0.25, 0.3) is 0 Å². The number of benzene rings is 1. The van der Waals surface area contributed by atoms with E-state index in [9.17, 15) is 5.11 Å². The third kappa shape index (κ3) is 2.63. The van der Waals surface area contributed by atoms with E-state index in [1.54, 1.807) is 16.8 Å². The minimum absolute atomic E-state index is 0.154. The maximum atomic E-state index is 10.5. The van der Waals surface area contributed by atoms with Gasteiger partial charge in [0.25, 0.3) is 0 Å². The first-order valence-corrected chi connectivity index (χ1v) is 7.59. The standard InChI is InChI=1S/C14H14BrClN2O3/c1-7-13(15)10(18(2)17-7)5-11(19)8-3-9(16)14-12(4-8)20-6-21-14/h3-4,11,19H,5-6H2,1-2H3. The number of halogens is 2. The molecule has 0 spiro atoms. The Morgan fingerprint density at radius 3 is 2.90 bits per heavy atom. The Bertz CT molecular complexity index is 702. The molecule has 1 atom stereocenters. The van der Waals surface area contributed by atoms with Crippen LogP contribution in [0.15, 0.2) is 16.6 Å². The SMILES string of the molecule is Cc1nn(C)c(CC(O)c2cc(Cl)c3c(c2)OCO3)c1Br. The molecule has 1 aliphatic rings. The number of aliphatic hydroxyl groups is 1. The van der Waals surface area contributed by atoms with Crippen LogP contribution in [-0.2, 0) is 13.5 Å². The molecular formula is C14H14BrClN2O3. The molecule has 21 heavy (non-hydrogen) atoms. The van der Waals surface area contributed by atoms with Gasteiger partial charge < -0.3 is 14.6 Å². The number of aliphatic hydroxyl groups excluding tert-OH is 1. The number of aryl methyl sites for hydroxylation is 2. The number of rotatable bonds is 3. The zero-order valence-electron chi connectivity index (χ0n) is 11.6. The highest BCUT2D eigenvalue weighted by Crippen LogP contribution is 2.41. The largest absolute Gasteiger partial charge is 0.454 e. The maximum absolute atomic E-state index is 10.5. The average Bonchev–Trinajstić information content (AvgIpc) is 2.99. The van der Waals surface area contributed by atoms with E-state index >= 15 is 0 Å². The number of nitrogens with zero attached hydrogens (tertiary/aromatic N) is 2. The lowest BCUT2D eigenvalue weighted by molar-refractivity contribution is 0.170. The van der Waals surface area contributed by atoms with Crippen LogP contribution in [-0.4, -0.2) is 21.7 Å². The van der Waals surface area contributed by atoms with Gasteiger partial charge in [-0.3, -0.25) is 4.68 Å². The Kier molecular flexibility index (Phi) is 3.86. The Morgan fingerprint density at radius 2 is 2.24 bits per heavy atom. The number of aromatic nitrogens is 2. The van der Waals surface area contributed by atoms with Crippen LogP contribution in [0.5, 0.6) is 11.5 Å². The fraction of sp³-hybridized carbons (Fsp3) is 0.357. The molecular weight excluding hydrogens is 360 g/mol. The van der Waals surface area contributed by atoms with E-state index in [0.29, 0.717) is 28.5 Å². The molecule has 1 aromatic heterocycles. The highest BCUT2D eigenvalue weighted by molar-refractivity contribution is 9.10. The first kappa shape index (κ1) is 14.7. The van der Waals surface area contributed by atoms with Crippen molar-refractivity contribution in [3.63, 3.8) is 0 Å². The third-order valence-corrected chi connectivity index (χ3v) is 4.79. The summed E-state index contributed by atoms with van der Waals surface area (Å²) in [5.74, 6) is 1.10. The van der Waals surface area contributed by atoms with Gasteiger partial charge in [0, 0.05) is 13.5 Å². The van der Waals surface area contributed by atoms with Crippen LogP contribution in [0.4, 0.5) is 0 Å². The van der Waals surface area contributed by atoms with Gasteiger partial charge in [0.2, 0.25) is 6.79 Å². The maximum Gasteiger partial charge on any atom is 0.231 e. The van der Waals surface area contributed by atoms with Crippen molar-refractivity contribution < 1.29 is 14.6 Å². The van der Waals surface area contributed by atoms with Gasteiger partial charge >= 0.3 is 0 Å². The lowest BCUT2D eigenvalue weighted by atomic mass is 10.0. The van der Waals surface area contributed by atoms with Crippen molar-refractivity contribution in [1.29, 1.82) is 0 Å². The third-order valence-electron chi connectivity index (χ3n) is 3.48. The smallest absolute Gasteiger partial charge is 0.231 e. The Hall–Kier alpha value is -1.24. The van der Waals surface area contributed by atoms with Crippen molar-refractivity contribution >= 4 is 27.5 Å². The van der Waals surface area contributed by atoms with Crippen LogP contribution in [0.1, 0.15) is 23.1 Å². The second kappa shape index (κ2) is 5.51. The molecule has 0 saturated carbocycles. The summed E-state index contributed by atoms with van der Waals surface area (Å²) < 4.78 is 13.3. The second-order valence-electron chi connectivity index (χ2n) is 4.93. The first-order chi connectivity index (χ1) is 9.97. The predicted octanol–water partition coefficient (Wildman–Crippen LogP) is 3.15. The van der Waals surface area contributed by atoms with Crippen molar-refractivity contribution in [2.45, 2.75) is 19.4 Å². The monoisotopic (exact) mass is 372 g/mol. The van der Waals surface area contributed by atoms with Gasteiger partial charge in [-0.15, -0.1) is 0 Å². The average molecular weight is 374 g/mol. The summed E-state index contributed by atoms with van der Waals surface area (Å²) in [7, 11) is 1.85. The van der Waals surface area contributed by atoms with Crippen LogP contribution >= 0.6 is 27.5 Å². The summed E-state index contributed by atoms with van der Waals surface area (Å²) in [4.78, 5) is 0. The minimum atomic E-state index is -0.705. The molecule has 1 N–H and O–H groups in total. The molecule has 0 radical (unpaired) electrons. The molecule has 0 fully saturated rings. The summed E-state index contributed by atoms with van der Waals surface area (Å²) in [6.45, 7) is 2.07. The van der Waals surface area contributed by atoms with Crippen molar-refractivity contribution in [1.82, 2.24) is 9.78 Å². The van der Waals surface area contributed by atoms with Gasteiger partial charge in [-0.1, -0.05) is 11.6 Å². The molecule has 5 nitrogen and oxygen atoms in total. The van der Waals surface area contributed by atoms with Gasteiger partial charge in [0.05, 0.1) is 27.0 Å². The molecule has 2 heterocycles. The Labute approximate surface area is 135 Å². The molecule has 112 valence electrons. The van der Waals surface area contributed by atoms with Gasteiger partial charge in [0.15, 0.2) is 11.5 Å². The van der Waals surface area contributed by atoms with Gasteiger partial charge in [-0.25, -0.2) is 0 Å². The van der Waals surface area contributed by atoms with E-state index in [-0.39, 0.29) is 6.79 Å². The van der Waals surface area contributed by atoms with Crippen LogP contribution < -0.4 is 9.47 Å². The van der Waals surface area contributed by atoms with Crippen LogP contribution in [0.2, 0.25) is 5.02 Å². The number of hydrogen-bond acceptors (Lipinski definition) is 4. The van der Waals surface area contributed by atoms with Gasteiger partial charge in [0.1, 0.15) is 0 Å². The molecule has 2 aromatic rings. The van der Waals surface area contributed by atoms with Gasteiger partial charge in [-0.2, -0.15) is 5.10 Å². The summed E-state index contributed by atoms with van der Waals surface area (Å²) in [5, 5.41) is 15.2. The molecule has 1 unspecified atom stereocenters. The van der Waals surface area contributed by atoms with Crippen LogP contribution in [0, 0.1) is 6.92 Å². The molecule has 0 saturated heterocycles. The van der Waals surface area contributed by atoms with Gasteiger partial charge in [-0.05, 0) is 40.5 Å². The van der Waals surface area contributed by atoms with Crippen molar-refractivity contribution in [2.24, 2.45) is 7.05 Å². The minimum Gasteiger partial charge on any atom is -0.454 e. The fourth-order valence-corrected chi connectivity index (χ4v) is 3.15. The lowest BCUT2D eigenvalue weighted by Gasteiger charge is -2.13. The normalized spacial score (nSPS) is 14.5. The van der Waals surface area contributed by atoms with Crippen molar-refractivity contribution in [3.05, 3.63) is 38.6 Å². The molecule has 7 heteroatoms. The van der Waals surface area contributed by atoms with Crippen molar-refractivity contribution in [2.75, 3.05) is 6.79 Å². The Balaban J connectivity index is 1.89. The highest BCUT2D eigenvalue weighted by atomic mass is 79.9. The summed E-state index contributed by atoms with van der Waals surface area (Å²) in [6, 6.07) is 3.47. The van der Waals surface area contributed by atoms with Crippen molar-refractivity contribution in [3.8, 4) is 11.5 Å². The molecule has 0 bridgehead atoms. The summed E-state index contributed by atoms with van der Waals surface area (Å²) in [5.41, 5.74) is 2.51.